The smallest absolute Gasteiger partial charge is 0.338 e. The van der Waals surface area contributed by atoms with Gasteiger partial charge in [0.05, 0.1) is 29.1 Å². The zero-order chi connectivity index (χ0) is 22.8. The van der Waals surface area contributed by atoms with Crippen molar-refractivity contribution in [1.29, 1.82) is 0 Å². The van der Waals surface area contributed by atoms with Crippen molar-refractivity contribution in [3.8, 4) is 11.1 Å². The van der Waals surface area contributed by atoms with Crippen LogP contribution in [0.5, 0.6) is 0 Å². The van der Waals surface area contributed by atoms with E-state index in [1.807, 2.05) is 39.0 Å². The summed E-state index contributed by atoms with van der Waals surface area (Å²) in [5.41, 5.74) is 6.83. The second-order valence-corrected chi connectivity index (χ2v) is 7.57. The third-order valence-electron chi connectivity index (χ3n) is 5.26. The maximum absolute atomic E-state index is 12.9. The molecule has 7 heteroatoms. The second kappa shape index (κ2) is 8.63. The molecular weight excluding hydrogens is 404 g/mol. The average molecular weight is 428 g/mol. The Balaban J connectivity index is 1.63. The molecule has 1 amide bonds. The fraction of sp³-hybridized carbons (Fsp3) is 0.200. The van der Waals surface area contributed by atoms with Crippen molar-refractivity contribution >= 4 is 23.2 Å². The fourth-order valence-corrected chi connectivity index (χ4v) is 3.67. The topological polar surface area (TPSA) is 85.6 Å². The molecule has 0 aliphatic rings. The van der Waals surface area contributed by atoms with Crippen LogP contribution in [0, 0.1) is 20.8 Å². The molecule has 0 aliphatic heterocycles. The zero-order valence-corrected chi connectivity index (χ0v) is 18.5. The van der Waals surface area contributed by atoms with Crippen molar-refractivity contribution in [2.24, 2.45) is 0 Å². The maximum Gasteiger partial charge on any atom is 0.338 e. The third-order valence-corrected chi connectivity index (χ3v) is 5.26. The average Bonchev–Trinajstić information content (AvgIpc) is 3.11. The quantitative estimate of drug-likeness (QED) is 0.464. The third kappa shape index (κ3) is 3.97. The van der Waals surface area contributed by atoms with E-state index in [2.05, 4.69) is 21.5 Å². The first-order chi connectivity index (χ1) is 15.4. The monoisotopic (exact) mass is 428 g/mol. The summed E-state index contributed by atoms with van der Waals surface area (Å²) >= 11 is 0. The second-order valence-electron chi connectivity index (χ2n) is 7.57. The highest BCUT2D eigenvalue weighted by molar-refractivity contribution is 6.05. The normalized spacial score (nSPS) is 10.9. The molecule has 0 aliphatic carbocycles. The molecule has 7 nitrogen and oxygen atoms in total. The van der Waals surface area contributed by atoms with E-state index < -0.39 is 5.97 Å². The van der Waals surface area contributed by atoms with Gasteiger partial charge in [0.1, 0.15) is 0 Å². The highest BCUT2D eigenvalue weighted by atomic mass is 16.5. The molecule has 162 valence electrons. The van der Waals surface area contributed by atoms with Crippen molar-refractivity contribution in [1.82, 2.24) is 14.6 Å². The maximum atomic E-state index is 12.9. The number of hydrogen-bond donors (Lipinski definition) is 1. The number of benzene rings is 2. The van der Waals surface area contributed by atoms with Gasteiger partial charge in [-0.1, -0.05) is 29.8 Å². The molecule has 2 heterocycles. The summed E-state index contributed by atoms with van der Waals surface area (Å²) < 4.78 is 6.69. The van der Waals surface area contributed by atoms with Gasteiger partial charge in [-0.3, -0.25) is 4.79 Å². The molecule has 0 saturated carbocycles. The number of fused-ring (bicyclic) bond motifs is 1. The Labute approximate surface area is 186 Å². The summed E-state index contributed by atoms with van der Waals surface area (Å²) in [6.45, 7) is 7.90. The Morgan fingerprint density at radius 1 is 1.06 bits per heavy atom. The summed E-state index contributed by atoms with van der Waals surface area (Å²) in [6, 6.07) is 14.8. The van der Waals surface area contributed by atoms with Gasteiger partial charge >= 0.3 is 5.97 Å². The summed E-state index contributed by atoms with van der Waals surface area (Å²) in [7, 11) is 0. The van der Waals surface area contributed by atoms with Gasteiger partial charge in [0.25, 0.3) is 5.91 Å². The lowest BCUT2D eigenvalue weighted by molar-refractivity contribution is 0.0526. The lowest BCUT2D eigenvalue weighted by Crippen LogP contribution is -2.16. The first kappa shape index (κ1) is 21.2. The number of carbonyl (C=O) groups is 2. The van der Waals surface area contributed by atoms with Crippen LogP contribution in [0.15, 0.2) is 54.7 Å². The first-order valence-corrected chi connectivity index (χ1v) is 10.4. The molecule has 1 N–H and O–H groups in total. The van der Waals surface area contributed by atoms with E-state index in [1.54, 1.807) is 41.9 Å². The number of rotatable bonds is 5. The summed E-state index contributed by atoms with van der Waals surface area (Å²) in [5, 5.41) is 7.49. The van der Waals surface area contributed by atoms with E-state index in [0.717, 1.165) is 22.4 Å². The molecule has 2 aromatic carbocycles. The summed E-state index contributed by atoms with van der Waals surface area (Å²) in [6.07, 6.45) is 1.58. The van der Waals surface area contributed by atoms with Crippen molar-refractivity contribution in [2.75, 3.05) is 11.9 Å². The Kier molecular flexibility index (Phi) is 5.73. The van der Waals surface area contributed by atoms with Crippen molar-refractivity contribution in [3.05, 3.63) is 82.8 Å². The molecule has 0 radical (unpaired) electrons. The highest BCUT2D eigenvalue weighted by Gasteiger charge is 2.19. The Hall–Kier alpha value is -4.00. The van der Waals surface area contributed by atoms with E-state index in [-0.39, 0.29) is 5.91 Å². The van der Waals surface area contributed by atoms with E-state index in [0.29, 0.717) is 34.8 Å². The van der Waals surface area contributed by atoms with Crippen LogP contribution in [-0.2, 0) is 4.74 Å². The van der Waals surface area contributed by atoms with Crippen molar-refractivity contribution in [3.63, 3.8) is 0 Å². The molecule has 0 saturated heterocycles. The predicted molar refractivity (Wildman–Crippen MR) is 123 cm³/mol. The number of amides is 1. The number of esters is 1. The summed E-state index contributed by atoms with van der Waals surface area (Å²) in [4.78, 5) is 29.3. The highest BCUT2D eigenvalue weighted by Crippen LogP contribution is 2.29. The standard InChI is InChI=1S/C25H24N4O3/c1-5-32-25(31)18-9-11-20(12-10-18)27-24(30)21-14-26-23-22(16(3)28-29(23)17(21)4)19-8-6-7-15(2)13-19/h6-14H,5H2,1-4H3,(H,27,30). The first-order valence-electron chi connectivity index (χ1n) is 10.4. The van der Waals surface area contributed by atoms with E-state index >= 15 is 0 Å². The lowest BCUT2D eigenvalue weighted by Gasteiger charge is -2.10. The van der Waals surface area contributed by atoms with E-state index in [9.17, 15) is 9.59 Å². The van der Waals surface area contributed by atoms with Crippen LogP contribution in [-0.4, -0.2) is 33.1 Å². The van der Waals surface area contributed by atoms with Gasteiger partial charge in [-0.25, -0.2) is 14.3 Å². The molecule has 0 atom stereocenters. The van der Waals surface area contributed by atoms with Gasteiger partial charge in [0.2, 0.25) is 0 Å². The van der Waals surface area contributed by atoms with Gasteiger partial charge < -0.3 is 10.1 Å². The number of anilines is 1. The van der Waals surface area contributed by atoms with Gasteiger partial charge in [-0.2, -0.15) is 5.10 Å². The molecule has 0 fully saturated rings. The Morgan fingerprint density at radius 2 is 1.81 bits per heavy atom. The van der Waals surface area contributed by atoms with Gasteiger partial charge in [0.15, 0.2) is 5.65 Å². The van der Waals surface area contributed by atoms with Gasteiger partial charge in [-0.15, -0.1) is 0 Å². The minimum Gasteiger partial charge on any atom is -0.462 e. The largest absolute Gasteiger partial charge is 0.462 e. The van der Waals surface area contributed by atoms with Crippen LogP contribution in [0.3, 0.4) is 0 Å². The van der Waals surface area contributed by atoms with Gasteiger partial charge in [-0.05, 0) is 57.5 Å². The van der Waals surface area contributed by atoms with Crippen LogP contribution in [0.4, 0.5) is 5.69 Å². The zero-order valence-electron chi connectivity index (χ0n) is 18.5. The minimum atomic E-state index is -0.394. The molecule has 4 aromatic rings. The molecule has 32 heavy (non-hydrogen) atoms. The van der Waals surface area contributed by atoms with Crippen LogP contribution in [0.1, 0.15) is 44.6 Å². The van der Waals surface area contributed by atoms with E-state index in [4.69, 9.17) is 4.74 Å². The molecule has 0 bridgehead atoms. The minimum absolute atomic E-state index is 0.300. The van der Waals surface area contributed by atoms with Crippen LogP contribution in [0.25, 0.3) is 16.8 Å². The van der Waals surface area contributed by atoms with Crippen LogP contribution in [0.2, 0.25) is 0 Å². The molecule has 0 unspecified atom stereocenters. The summed E-state index contributed by atoms with van der Waals surface area (Å²) in [5.74, 6) is -0.694. The van der Waals surface area contributed by atoms with Gasteiger partial charge in [0, 0.05) is 17.4 Å². The predicted octanol–water partition coefficient (Wildman–Crippen LogP) is 4.75. The fourth-order valence-electron chi connectivity index (χ4n) is 3.67. The molecular formula is C25H24N4O3. The number of nitrogens with one attached hydrogen (secondary N) is 1. The molecule has 2 aromatic heterocycles. The number of aromatic nitrogens is 3. The van der Waals surface area contributed by atoms with E-state index in [1.165, 1.54) is 0 Å². The SMILES string of the molecule is CCOC(=O)c1ccc(NC(=O)c2cnc3c(-c4cccc(C)c4)c(C)nn3c2C)cc1. The lowest BCUT2D eigenvalue weighted by atomic mass is 10.0. The number of hydrogen-bond acceptors (Lipinski definition) is 5. The van der Waals surface area contributed by atoms with Crippen LogP contribution >= 0.6 is 0 Å². The number of nitrogens with zero attached hydrogens (tertiary/aromatic N) is 3. The molecule has 4 rings (SSSR count). The van der Waals surface area contributed by atoms with Crippen molar-refractivity contribution < 1.29 is 14.3 Å². The van der Waals surface area contributed by atoms with Crippen LogP contribution < -0.4 is 5.32 Å². The molecule has 0 spiro atoms. The Morgan fingerprint density at radius 3 is 2.50 bits per heavy atom. The number of ether oxygens (including phenoxy) is 1. The Bertz CT molecular complexity index is 1320. The number of carbonyl (C=O) groups excluding carboxylic acids is 2. The van der Waals surface area contributed by atoms with Crippen molar-refractivity contribution in [2.45, 2.75) is 27.7 Å². The number of aryl methyl sites for hydroxylation is 3.